The van der Waals surface area contributed by atoms with E-state index in [0.29, 0.717) is 6.04 Å². The molecule has 1 atom stereocenters. The van der Waals surface area contributed by atoms with Gasteiger partial charge in [-0.15, -0.1) is 5.10 Å². The maximum atomic E-state index is 4.56. The lowest BCUT2D eigenvalue weighted by Gasteiger charge is -2.38. The molecule has 1 aliphatic carbocycles. The predicted octanol–water partition coefficient (Wildman–Crippen LogP) is 2.57. The summed E-state index contributed by atoms with van der Waals surface area (Å²) >= 11 is 1.60. The standard InChI is InChI=1S/C14H23N5S/c1-4-18(5-2)11-8-6-7-10-9-19-13(15-12(10)11)16-14(17-19)20-3/h11H,4-9H2,1-3H3,(H,15,16,17). The Bertz CT molecular complexity index is 518. The molecule has 20 heavy (non-hydrogen) atoms. The third-order valence-corrected chi connectivity index (χ3v) is 4.88. The number of thioether (sulfide) groups is 1. The normalized spacial score (nSPS) is 21.7. The number of anilines is 1. The second kappa shape index (κ2) is 5.77. The average Bonchev–Trinajstić information content (AvgIpc) is 2.88. The van der Waals surface area contributed by atoms with E-state index in [-0.39, 0.29) is 0 Å². The minimum absolute atomic E-state index is 0.525. The largest absolute Gasteiger partial charge is 0.326 e. The zero-order valence-electron chi connectivity index (χ0n) is 12.5. The lowest BCUT2D eigenvalue weighted by atomic mass is 9.90. The molecule has 0 radical (unpaired) electrons. The molecule has 0 aromatic carbocycles. The molecular weight excluding hydrogens is 270 g/mol. The van der Waals surface area contributed by atoms with Gasteiger partial charge in [0.2, 0.25) is 11.1 Å². The maximum Gasteiger partial charge on any atom is 0.226 e. The Hall–Kier alpha value is -1.01. The fraction of sp³-hybridized carbons (Fsp3) is 0.714. The Kier molecular flexibility index (Phi) is 4.03. The molecule has 1 aromatic rings. The number of fused-ring (bicyclic) bond motifs is 1. The van der Waals surface area contributed by atoms with Crippen molar-refractivity contribution < 1.29 is 0 Å². The van der Waals surface area contributed by atoms with Crippen molar-refractivity contribution in [1.82, 2.24) is 19.7 Å². The van der Waals surface area contributed by atoms with Crippen LogP contribution in [-0.2, 0) is 6.54 Å². The van der Waals surface area contributed by atoms with Gasteiger partial charge in [-0.3, -0.25) is 4.90 Å². The third kappa shape index (κ3) is 2.35. The fourth-order valence-electron chi connectivity index (χ4n) is 3.30. The van der Waals surface area contributed by atoms with Gasteiger partial charge in [0.05, 0.1) is 6.54 Å². The third-order valence-electron chi connectivity index (χ3n) is 4.35. The zero-order valence-corrected chi connectivity index (χ0v) is 13.3. The van der Waals surface area contributed by atoms with Crippen LogP contribution in [0.2, 0.25) is 0 Å². The molecule has 0 saturated heterocycles. The van der Waals surface area contributed by atoms with Crippen molar-refractivity contribution in [3.63, 3.8) is 0 Å². The molecular formula is C14H23N5S. The van der Waals surface area contributed by atoms with Gasteiger partial charge in [0.25, 0.3) is 0 Å². The van der Waals surface area contributed by atoms with Gasteiger partial charge >= 0.3 is 0 Å². The van der Waals surface area contributed by atoms with E-state index >= 15 is 0 Å². The Morgan fingerprint density at radius 3 is 2.90 bits per heavy atom. The van der Waals surface area contributed by atoms with Gasteiger partial charge in [0, 0.05) is 11.7 Å². The number of hydrogen-bond donors (Lipinski definition) is 1. The monoisotopic (exact) mass is 293 g/mol. The molecule has 6 heteroatoms. The summed E-state index contributed by atoms with van der Waals surface area (Å²) in [6, 6.07) is 0.525. The van der Waals surface area contributed by atoms with Gasteiger partial charge in [-0.05, 0) is 44.2 Å². The van der Waals surface area contributed by atoms with Gasteiger partial charge in [0.1, 0.15) is 0 Å². The highest BCUT2D eigenvalue weighted by Gasteiger charge is 2.31. The lowest BCUT2D eigenvalue weighted by Crippen LogP contribution is -2.42. The number of aromatic nitrogens is 3. The average molecular weight is 293 g/mol. The molecule has 110 valence electrons. The van der Waals surface area contributed by atoms with Crippen molar-refractivity contribution in [1.29, 1.82) is 0 Å². The highest BCUT2D eigenvalue weighted by atomic mass is 32.2. The van der Waals surface area contributed by atoms with Crippen LogP contribution in [0.15, 0.2) is 16.4 Å². The first-order chi connectivity index (χ1) is 9.76. The number of allylic oxidation sites excluding steroid dienone is 1. The summed E-state index contributed by atoms with van der Waals surface area (Å²) in [5.74, 6) is 0.909. The summed E-state index contributed by atoms with van der Waals surface area (Å²) < 4.78 is 2.01. The summed E-state index contributed by atoms with van der Waals surface area (Å²) in [5, 5.41) is 8.95. The molecule has 1 aliphatic heterocycles. The highest BCUT2D eigenvalue weighted by molar-refractivity contribution is 7.98. The lowest BCUT2D eigenvalue weighted by molar-refractivity contribution is 0.221. The molecule has 0 spiro atoms. The summed E-state index contributed by atoms with van der Waals surface area (Å²) in [6.45, 7) is 7.60. The smallest absolute Gasteiger partial charge is 0.226 e. The van der Waals surface area contributed by atoms with Crippen molar-refractivity contribution in [2.45, 2.75) is 50.9 Å². The maximum absolute atomic E-state index is 4.56. The SMILES string of the molecule is CCN(CC)C1CCCC2=C1Nc1nc(SC)nn1C2. The van der Waals surface area contributed by atoms with E-state index in [0.717, 1.165) is 30.7 Å². The Morgan fingerprint density at radius 2 is 2.20 bits per heavy atom. The van der Waals surface area contributed by atoms with Crippen LogP contribution in [-0.4, -0.2) is 45.1 Å². The fourth-order valence-corrected chi connectivity index (χ4v) is 3.66. The van der Waals surface area contributed by atoms with Crippen LogP contribution in [0.4, 0.5) is 5.95 Å². The van der Waals surface area contributed by atoms with Gasteiger partial charge < -0.3 is 5.32 Å². The summed E-state index contributed by atoms with van der Waals surface area (Å²) in [6.07, 6.45) is 5.74. The topological polar surface area (TPSA) is 46.0 Å². The molecule has 5 nitrogen and oxygen atoms in total. The second-order valence-corrected chi connectivity index (χ2v) is 6.12. The van der Waals surface area contributed by atoms with Crippen LogP contribution in [0.1, 0.15) is 33.1 Å². The van der Waals surface area contributed by atoms with E-state index in [4.69, 9.17) is 0 Å². The molecule has 0 saturated carbocycles. The Labute approximate surface area is 124 Å². The molecule has 0 amide bonds. The molecule has 2 heterocycles. The van der Waals surface area contributed by atoms with Crippen LogP contribution in [0.5, 0.6) is 0 Å². The molecule has 1 aromatic heterocycles. The van der Waals surface area contributed by atoms with Crippen LogP contribution in [0.3, 0.4) is 0 Å². The zero-order chi connectivity index (χ0) is 14.1. The van der Waals surface area contributed by atoms with Crippen molar-refractivity contribution in [2.24, 2.45) is 0 Å². The van der Waals surface area contributed by atoms with Crippen molar-refractivity contribution in [2.75, 3.05) is 24.7 Å². The van der Waals surface area contributed by atoms with Crippen molar-refractivity contribution in [3.05, 3.63) is 11.3 Å². The number of nitrogens with one attached hydrogen (secondary N) is 1. The first kappa shape index (κ1) is 13.9. The molecule has 1 N–H and O–H groups in total. The minimum Gasteiger partial charge on any atom is -0.326 e. The first-order valence-corrected chi connectivity index (χ1v) is 8.71. The van der Waals surface area contributed by atoms with Gasteiger partial charge in [0.15, 0.2) is 0 Å². The summed E-state index contributed by atoms with van der Waals surface area (Å²) in [7, 11) is 0. The molecule has 1 unspecified atom stereocenters. The van der Waals surface area contributed by atoms with Crippen LogP contribution >= 0.6 is 11.8 Å². The van der Waals surface area contributed by atoms with Gasteiger partial charge in [-0.25, -0.2) is 4.68 Å². The van der Waals surface area contributed by atoms with E-state index in [1.807, 2.05) is 10.9 Å². The van der Waals surface area contributed by atoms with Gasteiger partial charge in [-0.1, -0.05) is 25.6 Å². The predicted molar refractivity (Wildman–Crippen MR) is 83.0 cm³/mol. The number of nitrogens with zero attached hydrogens (tertiary/aromatic N) is 4. The second-order valence-electron chi connectivity index (χ2n) is 5.35. The van der Waals surface area contributed by atoms with Gasteiger partial charge in [-0.2, -0.15) is 4.98 Å². The number of likely N-dealkylation sites (N-methyl/N-ethyl adjacent to an activating group) is 1. The summed E-state index contributed by atoms with van der Waals surface area (Å²) in [4.78, 5) is 7.10. The molecule has 0 bridgehead atoms. The van der Waals surface area contributed by atoms with E-state index in [1.54, 1.807) is 11.8 Å². The molecule has 2 aliphatic rings. The first-order valence-electron chi connectivity index (χ1n) is 7.48. The summed E-state index contributed by atoms with van der Waals surface area (Å²) in [5.41, 5.74) is 2.91. The van der Waals surface area contributed by atoms with E-state index in [9.17, 15) is 0 Å². The van der Waals surface area contributed by atoms with Crippen LogP contribution in [0.25, 0.3) is 0 Å². The van der Waals surface area contributed by atoms with E-state index in [1.165, 1.54) is 30.5 Å². The van der Waals surface area contributed by atoms with E-state index < -0.39 is 0 Å². The quantitative estimate of drug-likeness (QED) is 0.865. The van der Waals surface area contributed by atoms with E-state index in [2.05, 4.69) is 34.1 Å². The highest BCUT2D eigenvalue weighted by Crippen LogP contribution is 2.34. The van der Waals surface area contributed by atoms with Crippen molar-refractivity contribution >= 4 is 17.7 Å². The van der Waals surface area contributed by atoms with Crippen molar-refractivity contribution in [3.8, 4) is 0 Å². The number of rotatable bonds is 4. The Balaban J connectivity index is 1.89. The number of hydrogen-bond acceptors (Lipinski definition) is 5. The Morgan fingerprint density at radius 1 is 1.40 bits per heavy atom. The molecule has 0 fully saturated rings. The van der Waals surface area contributed by atoms with Crippen LogP contribution in [0, 0.1) is 0 Å². The minimum atomic E-state index is 0.525. The van der Waals surface area contributed by atoms with Crippen LogP contribution < -0.4 is 5.32 Å². The molecule has 3 rings (SSSR count).